The Labute approximate surface area is 142 Å². The summed E-state index contributed by atoms with van der Waals surface area (Å²) in [5.41, 5.74) is 1.67. The first kappa shape index (κ1) is 16.0. The average Bonchev–Trinajstić information content (AvgIpc) is 3.15. The van der Waals surface area contributed by atoms with E-state index in [1.165, 1.54) is 11.3 Å². The number of thiophene rings is 1. The number of nitrogens with zero attached hydrogens (tertiary/aromatic N) is 1. The van der Waals surface area contributed by atoms with Crippen molar-refractivity contribution >= 4 is 28.1 Å². The Kier molecular flexibility index (Phi) is 4.45. The number of fused-ring (bicyclic) bond motifs is 1. The normalized spacial score (nSPS) is 13.2. The summed E-state index contributed by atoms with van der Waals surface area (Å²) >= 11 is 1.39. The minimum absolute atomic E-state index is 0.236. The Morgan fingerprint density at radius 1 is 1.25 bits per heavy atom. The molecule has 0 saturated carbocycles. The first-order chi connectivity index (χ1) is 11.6. The highest BCUT2D eigenvalue weighted by Gasteiger charge is 2.23. The zero-order valence-corrected chi connectivity index (χ0v) is 13.5. The lowest BCUT2D eigenvalue weighted by molar-refractivity contribution is -0.132. The average molecular weight is 338 g/mol. The van der Waals surface area contributed by atoms with E-state index < -0.39 is 11.8 Å². The van der Waals surface area contributed by atoms with Gasteiger partial charge < -0.3 is 10.4 Å². The standard InChI is InChI=1S/C18H14N2O3S/c19-10-13-12-7-4-8-16(12)24-17(13)20-14(18(22)23)9-15(21)11-5-2-1-3-6-11/h1-3,5-6,9,20H,4,7-8H2,(H,22,23). The SMILES string of the molecule is N#Cc1c(NC(=CC(=O)c2ccccc2)C(=O)O)sc2c1CCC2. The van der Waals surface area contributed by atoms with E-state index in [0.29, 0.717) is 16.1 Å². The number of hydrogen-bond acceptors (Lipinski definition) is 5. The molecule has 2 aromatic rings. The number of nitriles is 1. The van der Waals surface area contributed by atoms with Crippen LogP contribution in [0.15, 0.2) is 42.1 Å². The van der Waals surface area contributed by atoms with Crippen molar-refractivity contribution in [2.24, 2.45) is 0 Å². The number of carboxylic acid groups (broad SMARTS) is 1. The Hall–Kier alpha value is -2.91. The molecule has 0 saturated heterocycles. The molecule has 0 atom stereocenters. The van der Waals surface area contributed by atoms with Crippen molar-refractivity contribution in [3.8, 4) is 6.07 Å². The fourth-order valence-corrected chi connectivity index (χ4v) is 3.95. The minimum atomic E-state index is -1.24. The predicted molar refractivity (Wildman–Crippen MR) is 91.2 cm³/mol. The molecule has 5 nitrogen and oxygen atoms in total. The lowest BCUT2D eigenvalue weighted by Gasteiger charge is -2.06. The quantitative estimate of drug-likeness (QED) is 0.644. The highest BCUT2D eigenvalue weighted by atomic mass is 32.1. The molecule has 0 amide bonds. The van der Waals surface area contributed by atoms with Crippen molar-refractivity contribution < 1.29 is 14.7 Å². The van der Waals surface area contributed by atoms with Gasteiger partial charge in [-0.1, -0.05) is 30.3 Å². The van der Waals surface area contributed by atoms with Crippen molar-refractivity contribution in [2.45, 2.75) is 19.3 Å². The number of carbonyl (C=O) groups is 2. The second-order valence-corrected chi connectivity index (χ2v) is 6.50. The van der Waals surface area contributed by atoms with Crippen LogP contribution in [-0.4, -0.2) is 16.9 Å². The number of carboxylic acids is 1. The minimum Gasteiger partial charge on any atom is -0.477 e. The molecule has 1 heterocycles. The van der Waals surface area contributed by atoms with Gasteiger partial charge in [0.1, 0.15) is 16.8 Å². The summed E-state index contributed by atoms with van der Waals surface area (Å²) in [6, 6.07) is 10.6. The second kappa shape index (κ2) is 6.69. The summed E-state index contributed by atoms with van der Waals surface area (Å²) in [5.74, 6) is -1.64. The topological polar surface area (TPSA) is 90.2 Å². The van der Waals surface area contributed by atoms with Gasteiger partial charge in [-0.3, -0.25) is 4.79 Å². The fraction of sp³-hybridized carbons (Fsp3) is 0.167. The summed E-state index contributed by atoms with van der Waals surface area (Å²) in [6.45, 7) is 0. The summed E-state index contributed by atoms with van der Waals surface area (Å²) in [4.78, 5) is 24.8. The highest BCUT2D eigenvalue weighted by molar-refractivity contribution is 7.16. The number of nitrogens with one attached hydrogen (secondary N) is 1. The van der Waals surface area contributed by atoms with Crippen LogP contribution in [0.25, 0.3) is 0 Å². The largest absolute Gasteiger partial charge is 0.477 e. The molecule has 1 aromatic heterocycles. The number of aryl methyl sites for hydroxylation is 1. The molecule has 0 unspecified atom stereocenters. The van der Waals surface area contributed by atoms with E-state index in [4.69, 9.17) is 0 Å². The third kappa shape index (κ3) is 3.07. The molecule has 3 rings (SSSR count). The molecule has 1 aliphatic rings. The van der Waals surface area contributed by atoms with E-state index >= 15 is 0 Å². The Morgan fingerprint density at radius 2 is 2.00 bits per heavy atom. The van der Waals surface area contributed by atoms with E-state index in [9.17, 15) is 20.0 Å². The monoisotopic (exact) mass is 338 g/mol. The van der Waals surface area contributed by atoms with Gasteiger partial charge >= 0.3 is 5.97 Å². The molecule has 0 spiro atoms. The van der Waals surface area contributed by atoms with Crippen molar-refractivity contribution in [2.75, 3.05) is 5.32 Å². The van der Waals surface area contributed by atoms with Gasteiger partial charge in [-0.2, -0.15) is 5.26 Å². The molecule has 0 fully saturated rings. The predicted octanol–water partition coefficient (Wildman–Crippen LogP) is 3.37. The van der Waals surface area contributed by atoms with E-state index in [2.05, 4.69) is 11.4 Å². The van der Waals surface area contributed by atoms with Crippen molar-refractivity contribution in [1.82, 2.24) is 0 Å². The lowest BCUT2D eigenvalue weighted by Crippen LogP contribution is -2.13. The summed E-state index contributed by atoms with van der Waals surface area (Å²) in [5, 5.41) is 22.0. The number of ketones is 1. The van der Waals surface area contributed by atoms with Crippen molar-refractivity contribution in [3.63, 3.8) is 0 Å². The number of benzene rings is 1. The molecule has 2 N–H and O–H groups in total. The third-order valence-corrected chi connectivity index (χ3v) is 5.05. The van der Waals surface area contributed by atoms with Gasteiger partial charge in [0, 0.05) is 16.5 Å². The molecule has 0 radical (unpaired) electrons. The number of rotatable bonds is 5. The van der Waals surface area contributed by atoms with Gasteiger partial charge in [0.05, 0.1) is 5.56 Å². The molecular weight excluding hydrogens is 324 g/mol. The lowest BCUT2D eigenvalue weighted by atomic mass is 10.1. The summed E-state index contributed by atoms with van der Waals surface area (Å²) in [7, 11) is 0. The smallest absolute Gasteiger partial charge is 0.352 e. The summed E-state index contributed by atoms with van der Waals surface area (Å²) < 4.78 is 0. The van der Waals surface area contributed by atoms with Crippen LogP contribution in [0.4, 0.5) is 5.00 Å². The zero-order chi connectivity index (χ0) is 17.1. The Balaban J connectivity index is 1.91. The van der Waals surface area contributed by atoms with Crippen molar-refractivity contribution in [3.05, 3.63) is 63.7 Å². The van der Waals surface area contributed by atoms with Gasteiger partial charge in [-0.05, 0) is 24.8 Å². The first-order valence-corrected chi connectivity index (χ1v) is 8.28. The number of anilines is 1. The van der Waals surface area contributed by atoms with Crippen LogP contribution >= 0.6 is 11.3 Å². The van der Waals surface area contributed by atoms with Crippen LogP contribution in [0.1, 0.15) is 32.8 Å². The molecular formula is C18H14N2O3S. The van der Waals surface area contributed by atoms with Crippen LogP contribution in [0.3, 0.4) is 0 Å². The van der Waals surface area contributed by atoms with E-state index in [1.54, 1.807) is 30.3 Å². The summed E-state index contributed by atoms with van der Waals surface area (Å²) in [6.07, 6.45) is 3.82. The number of hydrogen-bond donors (Lipinski definition) is 2. The van der Waals surface area contributed by atoms with E-state index in [-0.39, 0.29) is 5.70 Å². The second-order valence-electron chi connectivity index (χ2n) is 5.39. The fourth-order valence-electron chi connectivity index (χ4n) is 2.70. The van der Waals surface area contributed by atoms with Crippen LogP contribution in [0, 0.1) is 11.3 Å². The molecule has 6 heteroatoms. The Bertz CT molecular complexity index is 876. The van der Waals surface area contributed by atoms with Crippen molar-refractivity contribution in [1.29, 1.82) is 5.26 Å². The molecule has 0 bridgehead atoms. The van der Waals surface area contributed by atoms with E-state index in [0.717, 1.165) is 35.8 Å². The van der Waals surface area contributed by atoms with Gasteiger partial charge in [-0.25, -0.2) is 4.79 Å². The molecule has 120 valence electrons. The maximum Gasteiger partial charge on any atom is 0.352 e. The molecule has 24 heavy (non-hydrogen) atoms. The maximum absolute atomic E-state index is 12.2. The Morgan fingerprint density at radius 3 is 2.67 bits per heavy atom. The van der Waals surface area contributed by atoms with Gasteiger partial charge in [0.25, 0.3) is 0 Å². The van der Waals surface area contributed by atoms with Crippen LogP contribution in [0.5, 0.6) is 0 Å². The zero-order valence-electron chi connectivity index (χ0n) is 12.7. The number of aliphatic carboxylic acids is 1. The third-order valence-electron chi connectivity index (χ3n) is 3.85. The molecule has 1 aliphatic carbocycles. The van der Waals surface area contributed by atoms with Gasteiger partial charge in [-0.15, -0.1) is 11.3 Å². The molecule has 1 aromatic carbocycles. The number of carbonyl (C=O) groups excluding carboxylic acids is 1. The first-order valence-electron chi connectivity index (χ1n) is 7.46. The van der Waals surface area contributed by atoms with Crippen LogP contribution in [0.2, 0.25) is 0 Å². The van der Waals surface area contributed by atoms with Gasteiger partial charge in [0.15, 0.2) is 5.78 Å². The van der Waals surface area contributed by atoms with Gasteiger partial charge in [0.2, 0.25) is 0 Å². The maximum atomic E-state index is 12.2. The van der Waals surface area contributed by atoms with Crippen LogP contribution < -0.4 is 5.32 Å². The van der Waals surface area contributed by atoms with E-state index in [1.807, 2.05) is 0 Å². The van der Waals surface area contributed by atoms with Crippen LogP contribution in [-0.2, 0) is 17.6 Å². The number of allylic oxidation sites excluding steroid dienone is 1. The highest BCUT2D eigenvalue weighted by Crippen LogP contribution is 2.39. The molecule has 0 aliphatic heterocycles.